The SMILES string of the molecule is C[C@@H]1COCCN1c1cc2c3c(nn(-c4ccn[nH]4)c3n1)CCC(=O)N2C1(C)CC1. The van der Waals surface area contributed by atoms with Crippen LogP contribution in [0.2, 0.25) is 0 Å². The summed E-state index contributed by atoms with van der Waals surface area (Å²) in [6, 6.07) is 4.20. The lowest BCUT2D eigenvalue weighted by Gasteiger charge is -2.35. The summed E-state index contributed by atoms with van der Waals surface area (Å²) in [5.41, 5.74) is 2.52. The number of morpholine rings is 1. The molecule has 0 unspecified atom stereocenters. The number of rotatable bonds is 3. The second-order valence-corrected chi connectivity index (χ2v) is 8.84. The summed E-state index contributed by atoms with van der Waals surface area (Å²) >= 11 is 0. The number of nitrogens with one attached hydrogen (secondary N) is 1. The smallest absolute Gasteiger partial charge is 0.227 e. The first-order valence-electron chi connectivity index (χ1n) is 10.6. The molecule has 1 atom stereocenters. The van der Waals surface area contributed by atoms with E-state index in [1.807, 2.05) is 15.6 Å². The van der Waals surface area contributed by atoms with Crippen molar-refractivity contribution >= 4 is 28.4 Å². The number of pyridine rings is 1. The number of H-pyrrole nitrogens is 1. The molecule has 3 aliphatic rings. The maximum absolute atomic E-state index is 13.2. The molecule has 1 N–H and O–H groups in total. The number of carbonyl (C=O) groups excluding carboxylic acids is 1. The highest BCUT2D eigenvalue weighted by molar-refractivity contribution is 6.07. The zero-order chi connectivity index (χ0) is 20.5. The van der Waals surface area contributed by atoms with E-state index < -0.39 is 0 Å². The number of hydrogen-bond acceptors (Lipinski definition) is 6. The molecule has 156 valence electrons. The van der Waals surface area contributed by atoms with Gasteiger partial charge in [-0.05, 0) is 26.7 Å². The van der Waals surface area contributed by atoms with Gasteiger partial charge in [0.15, 0.2) is 11.5 Å². The molecule has 9 heteroatoms. The number of nitrogens with zero attached hydrogens (tertiary/aromatic N) is 6. The summed E-state index contributed by atoms with van der Waals surface area (Å²) in [5, 5.41) is 12.9. The Morgan fingerprint density at radius 2 is 2.17 bits per heavy atom. The Kier molecular flexibility index (Phi) is 3.74. The fraction of sp³-hybridized carbons (Fsp3) is 0.524. The average Bonchev–Trinajstić information content (AvgIpc) is 3.15. The van der Waals surface area contributed by atoms with E-state index in [0.717, 1.165) is 53.4 Å². The van der Waals surface area contributed by atoms with E-state index in [1.54, 1.807) is 6.20 Å². The van der Waals surface area contributed by atoms with Crippen molar-refractivity contribution in [1.29, 1.82) is 0 Å². The maximum Gasteiger partial charge on any atom is 0.227 e. The molecular weight excluding hydrogens is 382 g/mol. The standard InChI is InChI=1S/C21H25N7O2/c1-13-12-30-10-9-26(13)17-11-15-19-14(3-4-18(29)27(15)21(2)6-7-21)25-28(20(19)23-17)16-5-8-22-24-16/h5,8,11,13H,3-4,6-7,9-10,12H2,1-2H3,(H,22,24)/t13-/m1/s1. The number of aryl methyl sites for hydroxylation is 1. The third-order valence-corrected chi connectivity index (χ3v) is 6.63. The Balaban J connectivity index is 1.63. The molecule has 1 saturated carbocycles. The molecule has 30 heavy (non-hydrogen) atoms. The molecular formula is C21H25N7O2. The van der Waals surface area contributed by atoms with Gasteiger partial charge in [-0.15, -0.1) is 0 Å². The van der Waals surface area contributed by atoms with Crippen LogP contribution in [0.15, 0.2) is 18.3 Å². The van der Waals surface area contributed by atoms with Crippen LogP contribution in [-0.4, -0.2) is 62.2 Å². The minimum Gasteiger partial charge on any atom is -0.377 e. The number of aromatic nitrogens is 5. The predicted octanol–water partition coefficient (Wildman–Crippen LogP) is 2.20. The van der Waals surface area contributed by atoms with Gasteiger partial charge in [0.1, 0.15) is 5.82 Å². The van der Waals surface area contributed by atoms with E-state index in [2.05, 4.69) is 35.0 Å². The van der Waals surface area contributed by atoms with Crippen LogP contribution < -0.4 is 9.80 Å². The lowest BCUT2D eigenvalue weighted by molar-refractivity contribution is -0.119. The molecule has 0 aromatic carbocycles. The van der Waals surface area contributed by atoms with Gasteiger partial charge >= 0.3 is 0 Å². The molecule has 2 fully saturated rings. The maximum atomic E-state index is 13.2. The van der Waals surface area contributed by atoms with Crippen LogP contribution >= 0.6 is 0 Å². The summed E-state index contributed by atoms with van der Waals surface area (Å²) in [7, 11) is 0. The fourth-order valence-electron chi connectivity index (χ4n) is 4.72. The van der Waals surface area contributed by atoms with Crippen LogP contribution in [0.1, 0.15) is 38.8 Å². The Labute approximate surface area is 174 Å². The minimum absolute atomic E-state index is 0.114. The number of aromatic amines is 1. The Hall–Kier alpha value is -2.94. The van der Waals surface area contributed by atoms with E-state index >= 15 is 0 Å². The lowest BCUT2D eigenvalue weighted by atomic mass is 10.1. The first kappa shape index (κ1) is 17.9. The van der Waals surface area contributed by atoms with Crippen molar-refractivity contribution < 1.29 is 9.53 Å². The third kappa shape index (κ3) is 2.57. The molecule has 6 rings (SSSR count). The van der Waals surface area contributed by atoms with Crippen LogP contribution in [0.3, 0.4) is 0 Å². The lowest BCUT2D eigenvalue weighted by Crippen LogP contribution is -2.44. The van der Waals surface area contributed by atoms with Crippen molar-refractivity contribution in [2.45, 2.75) is 51.1 Å². The average molecular weight is 407 g/mol. The molecule has 1 amide bonds. The first-order chi connectivity index (χ1) is 14.5. The first-order valence-corrected chi connectivity index (χ1v) is 10.6. The van der Waals surface area contributed by atoms with Gasteiger partial charge in [-0.25, -0.2) is 4.98 Å². The fourth-order valence-corrected chi connectivity index (χ4v) is 4.72. The van der Waals surface area contributed by atoms with E-state index in [9.17, 15) is 4.79 Å². The van der Waals surface area contributed by atoms with Gasteiger partial charge in [-0.1, -0.05) is 0 Å². The van der Waals surface area contributed by atoms with Gasteiger partial charge < -0.3 is 14.5 Å². The van der Waals surface area contributed by atoms with Gasteiger partial charge in [0.05, 0.1) is 42.2 Å². The molecule has 3 aromatic rings. The highest BCUT2D eigenvalue weighted by atomic mass is 16.5. The van der Waals surface area contributed by atoms with Crippen LogP contribution in [-0.2, 0) is 16.0 Å². The zero-order valence-corrected chi connectivity index (χ0v) is 17.3. The van der Waals surface area contributed by atoms with Crippen molar-refractivity contribution in [2.75, 3.05) is 29.6 Å². The highest BCUT2D eigenvalue weighted by Crippen LogP contribution is 2.48. The zero-order valence-electron chi connectivity index (χ0n) is 17.3. The quantitative estimate of drug-likeness (QED) is 0.716. The number of amides is 1. The van der Waals surface area contributed by atoms with Gasteiger partial charge in [-0.3, -0.25) is 9.89 Å². The van der Waals surface area contributed by atoms with Crippen LogP contribution in [0.4, 0.5) is 11.5 Å². The Morgan fingerprint density at radius 1 is 1.30 bits per heavy atom. The van der Waals surface area contributed by atoms with Crippen LogP contribution in [0, 0.1) is 0 Å². The number of ether oxygens (including phenoxy) is 1. The highest BCUT2D eigenvalue weighted by Gasteiger charge is 2.48. The van der Waals surface area contributed by atoms with Crippen molar-refractivity contribution in [3.63, 3.8) is 0 Å². The van der Waals surface area contributed by atoms with Crippen molar-refractivity contribution in [3.8, 4) is 5.82 Å². The van der Waals surface area contributed by atoms with E-state index in [1.165, 1.54) is 0 Å². The topological polar surface area (TPSA) is 92.2 Å². The molecule has 1 aliphatic carbocycles. The predicted molar refractivity (Wildman–Crippen MR) is 112 cm³/mol. The summed E-state index contributed by atoms with van der Waals surface area (Å²) in [4.78, 5) is 22.6. The second kappa shape index (κ2) is 6.28. The molecule has 5 heterocycles. The summed E-state index contributed by atoms with van der Waals surface area (Å²) < 4.78 is 7.47. The summed E-state index contributed by atoms with van der Waals surface area (Å²) in [5.74, 6) is 1.81. The molecule has 3 aromatic heterocycles. The molecule has 0 bridgehead atoms. The van der Waals surface area contributed by atoms with Gasteiger partial charge in [-0.2, -0.15) is 14.9 Å². The van der Waals surface area contributed by atoms with Gasteiger partial charge in [0.25, 0.3) is 0 Å². The van der Waals surface area contributed by atoms with Crippen LogP contribution in [0.5, 0.6) is 0 Å². The summed E-state index contributed by atoms with van der Waals surface area (Å²) in [6.45, 7) is 6.44. The van der Waals surface area contributed by atoms with Crippen molar-refractivity contribution in [1.82, 2.24) is 25.0 Å². The van der Waals surface area contributed by atoms with E-state index in [-0.39, 0.29) is 17.5 Å². The van der Waals surface area contributed by atoms with Crippen LogP contribution in [0.25, 0.3) is 16.9 Å². The Morgan fingerprint density at radius 3 is 2.90 bits per heavy atom. The van der Waals surface area contributed by atoms with Gasteiger partial charge in [0.2, 0.25) is 5.91 Å². The molecule has 0 radical (unpaired) electrons. The van der Waals surface area contributed by atoms with Crippen molar-refractivity contribution in [3.05, 3.63) is 24.0 Å². The molecule has 2 aliphatic heterocycles. The van der Waals surface area contributed by atoms with E-state index in [0.29, 0.717) is 26.1 Å². The summed E-state index contributed by atoms with van der Waals surface area (Å²) in [6.07, 6.45) is 4.84. The van der Waals surface area contributed by atoms with Gasteiger partial charge in [0, 0.05) is 37.1 Å². The third-order valence-electron chi connectivity index (χ3n) is 6.63. The second-order valence-electron chi connectivity index (χ2n) is 8.84. The number of anilines is 2. The number of carbonyl (C=O) groups is 1. The largest absolute Gasteiger partial charge is 0.377 e. The molecule has 9 nitrogen and oxygen atoms in total. The number of hydrogen-bond donors (Lipinski definition) is 1. The monoisotopic (exact) mass is 407 g/mol. The van der Waals surface area contributed by atoms with Crippen molar-refractivity contribution in [2.24, 2.45) is 0 Å². The molecule has 1 saturated heterocycles. The minimum atomic E-state index is -0.114. The normalized spacial score (nSPS) is 23.1. The van der Waals surface area contributed by atoms with E-state index in [4.69, 9.17) is 14.8 Å². The Bertz CT molecular complexity index is 1130. The molecule has 0 spiro atoms.